The predicted molar refractivity (Wildman–Crippen MR) is 92.0 cm³/mol. The predicted octanol–water partition coefficient (Wildman–Crippen LogP) is 5.99. The van der Waals surface area contributed by atoms with Crippen molar-refractivity contribution in [2.75, 3.05) is 0 Å². The minimum Gasteiger partial charge on any atom is -0.487 e. The van der Waals surface area contributed by atoms with Gasteiger partial charge in [0.25, 0.3) is 0 Å². The summed E-state index contributed by atoms with van der Waals surface area (Å²) in [6, 6.07) is 12.0. The number of rotatable bonds is 5. The second kappa shape index (κ2) is 7.41. The van der Waals surface area contributed by atoms with Crippen molar-refractivity contribution in [1.82, 2.24) is 4.98 Å². The SMILES string of the molecule is Cc1oc(-c2ccc(C(F)(F)F)cc2)nc1COc1ccc(CCl)cc1. The fourth-order valence-electron chi connectivity index (χ4n) is 2.31. The zero-order valence-corrected chi connectivity index (χ0v) is 14.6. The van der Waals surface area contributed by atoms with Crippen molar-refractivity contribution in [3.8, 4) is 17.2 Å². The maximum absolute atomic E-state index is 12.6. The molecule has 3 rings (SSSR count). The molecule has 3 nitrogen and oxygen atoms in total. The smallest absolute Gasteiger partial charge is 0.416 e. The van der Waals surface area contributed by atoms with Gasteiger partial charge in [-0.05, 0) is 48.9 Å². The number of hydrogen-bond acceptors (Lipinski definition) is 3. The Balaban J connectivity index is 1.72. The van der Waals surface area contributed by atoms with Gasteiger partial charge in [0.1, 0.15) is 23.8 Å². The van der Waals surface area contributed by atoms with Crippen LogP contribution in [0.3, 0.4) is 0 Å². The lowest BCUT2D eigenvalue weighted by atomic mass is 10.1. The van der Waals surface area contributed by atoms with E-state index in [9.17, 15) is 13.2 Å². The van der Waals surface area contributed by atoms with Crippen LogP contribution in [0, 0.1) is 6.92 Å². The minimum atomic E-state index is -4.37. The standard InChI is InChI=1S/C19H15ClF3NO2/c1-12-17(11-25-16-8-2-13(10-20)3-9-16)24-18(26-12)14-4-6-15(7-5-14)19(21,22)23/h2-9H,10-11H2,1H3. The molecule has 7 heteroatoms. The highest BCUT2D eigenvalue weighted by atomic mass is 35.5. The third kappa shape index (κ3) is 4.19. The molecular formula is C19H15ClF3NO2. The van der Waals surface area contributed by atoms with Crippen LogP contribution in [0.5, 0.6) is 5.75 Å². The molecule has 0 amide bonds. The van der Waals surface area contributed by atoms with Crippen molar-refractivity contribution in [2.24, 2.45) is 0 Å². The van der Waals surface area contributed by atoms with E-state index in [1.54, 1.807) is 6.92 Å². The van der Waals surface area contributed by atoms with E-state index < -0.39 is 11.7 Å². The number of hydrogen-bond donors (Lipinski definition) is 0. The van der Waals surface area contributed by atoms with Crippen LogP contribution in [0.1, 0.15) is 22.6 Å². The van der Waals surface area contributed by atoms with E-state index in [1.165, 1.54) is 12.1 Å². The van der Waals surface area contributed by atoms with Crippen molar-refractivity contribution >= 4 is 11.6 Å². The van der Waals surface area contributed by atoms with E-state index >= 15 is 0 Å². The first-order valence-electron chi connectivity index (χ1n) is 7.78. The molecule has 0 bridgehead atoms. The van der Waals surface area contributed by atoms with Gasteiger partial charge in [0.15, 0.2) is 0 Å². The van der Waals surface area contributed by atoms with E-state index in [4.69, 9.17) is 20.8 Å². The molecule has 0 saturated carbocycles. The zero-order chi connectivity index (χ0) is 18.7. The van der Waals surface area contributed by atoms with Gasteiger partial charge in [-0.1, -0.05) is 12.1 Å². The molecule has 0 aliphatic heterocycles. The molecule has 26 heavy (non-hydrogen) atoms. The molecule has 0 spiro atoms. The minimum absolute atomic E-state index is 0.191. The third-order valence-corrected chi connectivity index (χ3v) is 4.11. The molecule has 0 saturated heterocycles. The third-order valence-electron chi connectivity index (χ3n) is 3.81. The van der Waals surface area contributed by atoms with Crippen LogP contribution in [-0.2, 0) is 18.7 Å². The maximum Gasteiger partial charge on any atom is 0.416 e. The van der Waals surface area contributed by atoms with Crippen LogP contribution in [0.2, 0.25) is 0 Å². The largest absolute Gasteiger partial charge is 0.487 e. The molecule has 0 radical (unpaired) electrons. The fourth-order valence-corrected chi connectivity index (χ4v) is 2.49. The maximum atomic E-state index is 12.6. The Labute approximate surface area is 153 Å². The van der Waals surface area contributed by atoms with Gasteiger partial charge in [0, 0.05) is 11.4 Å². The van der Waals surface area contributed by atoms with E-state index in [2.05, 4.69) is 4.98 Å². The van der Waals surface area contributed by atoms with Gasteiger partial charge >= 0.3 is 6.18 Å². The second-order valence-corrected chi connectivity index (χ2v) is 5.93. The number of oxazole rings is 1. The average Bonchev–Trinajstić information content (AvgIpc) is 3.00. The molecule has 1 aromatic heterocycles. The first-order valence-corrected chi connectivity index (χ1v) is 8.32. The molecule has 2 aromatic carbocycles. The Hall–Kier alpha value is -2.47. The molecular weight excluding hydrogens is 367 g/mol. The van der Waals surface area contributed by atoms with Gasteiger partial charge in [-0.3, -0.25) is 0 Å². The van der Waals surface area contributed by atoms with Crippen LogP contribution in [0.25, 0.3) is 11.5 Å². The summed E-state index contributed by atoms with van der Waals surface area (Å²) in [6.45, 7) is 1.92. The molecule has 0 unspecified atom stereocenters. The van der Waals surface area contributed by atoms with Gasteiger partial charge in [-0.2, -0.15) is 13.2 Å². The molecule has 1 heterocycles. The lowest BCUT2D eigenvalue weighted by molar-refractivity contribution is -0.137. The molecule has 0 atom stereocenters. The summed E-state index contributed by atoms with van der Waals surface area (Å²) in [4.78, 5) is 4.33. The number of ether oxygens (including phenoxy) is 1. The Morgan fingerprint density at radius 2 is 1.69 bits per heavy atom. The highest BCUT2D eigenvalue weighted by Crippen LogP contribution is 2.31. The summed E-state index contributed by atoms with van der Waals surface area (Å²) in [5.41, 5.74) is 1.33. The van der Waals surface area contributed by atoms with Crippen LogP contribution in [0.4, 0.5) is 13.2 Å². The van der Waals surface area contributed by atoms with Crippen LogP contribution in [-0.4, -0.2) is 4.98 Å². The van der Waals surface area contributed by atoms with Gasteiger partial charge in [0.05, 0.1) is 5.56 Å². The van der Waals surface area contributed by atoms with Gasteiger partial charge in [-0.25, -0.2) is 4.98 Å². The topological polar surface area (TPSA) is 35.3 Å². The Kier molecular flexibility index (Phi) is 5.23. The van der Waals surface area contributed by atoms with Crippen molar-refractivity contribution in [2.45, 2.75) is 25.6 Å². The zero-order valence-electron chi connectivity index (χ0n) is 13.8. The number of aromatic nitrogens is 1. The van der Waals surface area contributed by atoms with Crippen molar-refractivity contribution in [1.29, 1.82) is 0 Å². The van der Waals surface area contributed by atoms with E-state index in [0.29, 0.717) is 28.6 Å². The van der Waals surface area contributed by atoms with E-state index in [0.717, 1.165) is 17.7 Å². The number of benzene rings is 2. The highest BCUT2D eigenvalue weighted by Gasteiger charge is 2.30. The fraction of sp³-hybridized carbons (Fsp3) is 0.211. The van der Waals surface area contributed by atoms with Crippen LogP contribution < -0.4 is 4.74 Å². The number of aryl methyl sites for hydroxylation is 1. The monoisotopic (exact) mass is 381 g/mol. The number of alkyl halides is 4. The Bertz CT molecular complexity index is 871. The van der Waals surface area contributed by atoms with Gasteiger partial charge in [0.2, 0.25) is 5.89 Å². The van der Waals surface area contributed by atoms with Crippen molar-refractivity contribution in [3.05, 3.63) is 71.1 Å². The van der Waals surface area contributed by atoms with Crippen molar-refractivity contribution < 1.29 is 22.3 Å². The number of halogens is 4. The summed E-state index contributed by atoms with van der Waals surface area (Å²) in [6.07, 6.45) is -4.37. The molecule has 0 N–H and O–H groups in total. The molecule has 0 fully saturated rings. The first-order chi connectivity index (χ1) is 12.4. The highest BCUT2D eigenvalue weighted by molar-refractivity contribution is 6.17. The first kappa shape index (κ1) is 18.3. The summed E-state index contributed by atoms with van der Waals surface area (Å²) >= 11 is 5.74. The molecule has 0 aliphatic carbocycles. The number of nitrogens with zero attached hydrogens (tertiary/aromatic N) is 1. The summed E-state index contributed by atoms with van der Waals surface area (Å²) in [5, 5.41) is 0. The van der Waals surface area contributed by atoms with Gasteiger partial charge in [-0.15, -0.1) is 11.6 Å². The summed E-state index contributed by atoms with van der Waals surface area (Å²) < 4.78 is 49.1. The van der Waals surface area contributed by atoms with Crippen LogP contribution in [0.15, 0.2) is 52.9 Å². The molecule has 136 valence electrons. The quantitative estimate of drug-likeness (QED) is 0.509. The summed E-state index contributed by atoms with van der Waals surface area (Å²) in [5.74, 6) is 1.90. The Morgan fingerprint density at radius 3 is 2.27 bits per heavy atom. The second-order valence-electron chi connectivity index (χ2n) is 5.66. The lowest BCUT2D eigenvalue weighted by Gasteiger charge is -2.06. The van der Waals surface area contributed by atoms with Crippen molar-refractivity contribution in [3.63, 3.8) is 0 Å². The molecule has 0 aliphatic rings. The molecule has 3 aromatic rings. The van der Waals surface area contributed by atoms with E-state index in [-0.39, 0.29) is 12.5 Å². The Morgan fingerprint density at radius 1 is 1.04 bits per heavy atom. The van der Waals surface area contributed by atoms with Crippen LogP contribution >= 0.6 is 11.6 Å². The summed E-state index contributed by atoms with van der Waals surface area (Å²) in [7, 11) is 0. The van der Waals surface area contributed by atoms with Gasteiger partial charge < -0.3 is 9.15 Å². The normalized spacial score (nSPS) is 11.6. The van der Waals surface area contributed by atoms with E-state index in [1.807, 2.05) is 24.3 Å². The average molecular weight is 382 g/mol. The lowest BCUT2D eigenvalue weighted by Crippen LogP contribution is -2.04.